The number of nitrogens with one attached hydrogen (secondary N) is 1. The van der Waals surface area contributed by atoms with Crippen molar-refractivity contribution in [2.24, 2.45) is 5.73 Å². The fraction of sp³-hybridized carbons (Fsp3) is 0.364. The molecular weight excluding hydrogens is 176 g/mol. The first-order valence-electron chi connectivity index (χ1n) is 4.86. The molecule has 1 heterocycles. The van der Waals surface area contributed by atoms with Gasteiger partial charge >= 0.3 is 0 Å². The molecule has 2 rings (SSSR count). The summed E-state index contributed by atoms with van der Waals surface area (Å²) < 4.78 is 0. The molecule has 3 heteroatoms. The molecule has 0 aromatic heterocycles. The van der Waals surface area contributed by atoms with Crippen LogP contribution in [0.4, 0.5) is 0 Å². The van der Waals surface area contributed by atoms with Gasteiger partial charge in [-0.3, -0.25) is 4.79 Å². The van der Waals surface area contributed by atoms with E-state index in [2.05, 4.69) is 5.32 Å². The van der Waals surface area contributed by atoms with E-state index in [9.17, 15) is 4.79 Å². The molecule has 1 aromatic carbocycles. The number of nitrogens with two attached hydrogens (primary N) is 1. The van der Waals surface area contributed by atoms with Crippen LogP contribution < -0.4 is 11.1 Å². The molecule has 1 amide bonds. The molecule has 0 bridgehead atoms. The summed E-state index contributed by atoms with van der Waals surface area (Å²) in [5.74, 6) is -0.0602. The van der Waals surface area contributed by atoms with Crippen LogP contribution in [-0.4, -0.2) is 12.5 Å². The number of carbonyl (C=O) groups excluding carboxylic acids is 1. The normalized spacial score (nSPS) is 27.1. The van der Waals surface area contributed by atoms with Crippen molar-refractivity contribution >= 4 is 5.91 Å². The molecular formula is C11H14N2O. The molecule has 0 saturated carbocycles. The van der Waals surface area contributed by atoms with Gasteiger partial charge in [0, 0.05) is 6.54 Å². The van der Waals surface area contributed by atoms with Gasteiger partial charge in [-0.25, -0.2) is 0 Å². The third-order valence-corrected chi connectivity index (χ3v) is 2.73. The van der Waals surface area contributed by atoms with Crippen molar-refractivity contribution < 1.29 is 4.79 Å². The van der Waals surface area contributed by atoms with Gasteiger partial charge in [-0.05, 0) is 18.4 Å². The molecule has 1 aromatic rings. The maximum Gasteiger partial charge on any atom is 0.244 e. The van der Waals surface area contributed by atoms with Crippen molar-refractivity contribution in [2.45, 2.75) is 18.4 Å². The van der Waals surface area contributed by atoms with Gasteiger partial charge < -0.3 is 11.1 Å². The quantitative estimate of drug-likeness (QED) is 0.686. The highest BCUT2D eigenvalue weighted by atomic mass is 16.2. The monoisotopic (exact) mass is 190 g/mol. The summed E-state index contributed by atoms with van der Waals surface area (Å²) in [5, 5.41) is 2.81. The maximum atomic E-state index is 11.7. The second-order valence-corrected chi connectivity index (χ2v) is 3.70. The van der Waals surface area contributed by atoms with Gasteiger partial charge in [0.25, 0.3) is 0 Å². The van der Waals surface area contributed by atoms with Gasteiger partial charge in [-0.1, -0.05) is 30.3 Å². The second-order valence-electron chi connectivity index (χ2n) is 3.70. The highest BCUT2D eigenvalue weighted by Gasteiger charge is 2.37. The first kappa shape index (κ1) is 9.21. The molecule has 3 nitrogen and oxygen atoms in total. The Labute approximate surface area is 83.3 Å². The first-order valence-corrected chi connectivity index (χ1v) is 4.86. The van der Waals surface area contributed by atoms with Crippen molar-refractivity contribution in [3.8, 4) is 0 Å². The van der Waals surface area contributed by atoms with Gasteiger partial charge in [-0.2, -0.15) is 0 Å². The third-order valence-electron chi connectivity index (χ3n) is 2.73. The van der Waals surface area contributed by atoms with Crippen molar-refractivity contribution in [3.05, 3.63) is 35.9 Å². The summed E-state index contributed by atoms with van der Waals surface area (Å²) in [5.41, 5.74) is 6.19. The van der Waals surface area contributed by atoms with E-state index in [-0.39, 0.29) is 5.91 Å². The lowest BCUT2D eigenvalue weighted by molar-refractivity contribution is -0.128. The molecule has 0 radical (unpaired) electrons. The van der Waals surface area contributed by atoms with Crippen LogP contribution in [0.1, 0.15) is 18.4 Å². The molecule has 0 aliphatic carbocycles. The number of piperidine rings is 1. The van der Waals surface area contributed by atoms with Crippen LogP contribution in [0.2, 0.25) is 0 Å². The fourth-order valence-electron chi connectivity index (χ4n) is 1.85. The van der Waals surface area contributed by atoms with Crippen LogP contribution in [0.5, 0.6) is 0 Å². The highest BCUT2D eigenvalue weighted by molar-refractivity contribution is 5.88. The van der Waals surface area contributed by atoms with Gasteiger partial charge in [-0.15, -0.1) is 0 Å². The van der Waals surface area contributed by atoms with E-state index in [1.54, 1.807) is 0 Å². The molecule has 14 heavy (non-hydrogen) atoms. The lowest BCUT2D eigenvalue weighted by Gasteiger charge is -2.32. The molecule has 0 spiro atoms. The Morgan fingerprint density at radius 3 is 2.64 bits per heavy atom. The summed E-state index contributed by atoms with van der Waals surface area (Å²) in [7, 11) is 0. The highest BCUT2D eigenvalue weighted by Crippen LogP contribution is 2.26. The minimum atomic E-state index is -0.820. The van der Waals surface area contributed by atoms with E-state index >= 15 is 0 Å². The number of rotatable bonds is 1. The van der Waals surface area contributed by atoms with Gasteiger partial charge in [0.1, 0.15) is 5.54 Å². The fourth-order valence-corrected chi connectivity index (χ4v) is 1.85. The SMILES string of the molecule is NC1(c2ccccc2)CCCNC1=O. The van der Waals surface area contributed by atoms with E-state index in [0.29, 0.717) is 0 Å². The Balaban J connectivity index is 2.35. The lowest BCUT2D eigenvalue weighted by Crippen LogP contribution is -2.54. The van der Waals surface area contributed by atoms with Gasteiger partial charge in [0.05, 0.1) is 0 Å². The number of benzene rings is 1. The summed E-state index contributed by atoms with van der Waals surface area (Å²) in [6.45, 7) is 0.741. The maximum absolute atomic E-state index is 11.7. The number of amides is 1. The Morgan fingerprint density at radius 2 is 2.00 bits per heavy atom. The molecule has 1 aliphatic heterocycles. The lowest BCUT2D eigenvalue weighted by atomic mass is 9.83. The molecule has 1 atom stereocenters. The zero-order chi connectivity index (χ0) is 10.0. The van der Waals surface area contributed by atoms with Crippen molar-refractivity contribution in [3.63, 3.8) is 0 Å². The smallest absolute Gasteiger partial charge is 0.244 e. The van der Waals surface area contributed by atoms with E-state index in [0.717, 1.165) is 24.9 Å². The van der Waals surface area contributed by atoms with Crippen LogP contribution in [0.3, 0.4) is 0 Å². The van der Waals surface area contributed by atoms with E-state index in [4.69, 9.17) is 5.73 Å². The average Bonchev–Trinajstić information content (AvgIpc) is 2.24. The molecule has 74 valence electrons. The number of hydrogen-bond acceptors (Lipinski definition) is 2. The van der Waals surface area contributed by atoms with Gasteiger partial charge in [0.2, 0.25) is 5.91 Å². The molecule has 1 saturated heterocycles. The molecule has 3 N–H and O–H groups in total. The van der Waals surface area contributed by atoms with Crippen LogP contribution in [0.15, 0.2) is 30.3 Å². The topological polar surface area (TPSA) is 55.1 Å². The third kappa shape index (κ3) is 1.40. The summed E-state index contributed by atoms with van der Waals surface area (Å²) in [4.78, 5) is 11.7. The standard InChI is InChI=1S/C11H14N2O/c12-11(7-4-8-13-10(11)14)9-5-2-1-3-6-9/h1-3,5-6H,4,7-8,12H2,(H,13,14). The van der Waals surface area contributed by atoms with Crippen LogP contribution in [0.25, 0.3) is 0 Å². The Hall–Kier alpha value is -1.35. The predicted octanol–water partition coefficient (Wildman–Crippen LogP) is 0.751. The largest absolute Gasteiger partial charge is 0.354 e. The predicted molar refractivity (Wildman–Crippen MR) is 54.6 cm³/mol. The van der Waals surface area contributed by atoms with Crippen molar-refractivity contribution in [1.82, 2.24) is 5.32 Å². The Bertz CT molecular complexity index is 336. The Kier molecular flexibility index (Phi) is 2.25. The van der Waals surface area contributed by atoms with Gasteiger partial charge in [0.15, 0.2) is 0 Å². The van der Waals surface area contributed by atoms with Crippen LogP contribution >= 0.6 is 0 Å². The molecule has 1 aliphatic rings. The zero-order valence-corrected chi connectivity index (χ0v) is 7.99. The second kappa shape index (κ2) is 3.42. The van der Waals surface area contributed by atoms with E-state index in [1.165, 1.54) is 0 Å². The van der Waals surface area contributed by atoms with Crippen LogP contribution in [-0.2, 0) is 10.3 Å². The van der Waals surface area contributed by atoms with Crippen molar-refractivity contribution in [1.29, 1.82) is 0 Å². The molecule has 1 unspecified atom stereocenters. The summed E-state index contributed by atoms with van der Waals surface area (Å²) >= 11 is 0. The van der Waals surface area contributed by atoms with Crippen LogP contribution in [0, 0.1) is 0 Å². The van der Waals surface area contributed by atoms with Crippen molar-refractivity contribution in [2.75, 3.05) is 6.54 Å². The molecule has 1 fully saturated rings. The Morgan fingerprint density at radius 1 is 1.29 bits per heavy atom. The number of carbonyl (C=O) groups is 1. The average molecular weight is 190 g/mol. The minimum Gasteiger partial charge on any atom is -0.354 e. The summed E-state index contributed by atoms with van der Waals surface area (Å²) in [6.07, 6.45) is 1.67. The van der Waals surface area contributed by atoms with E-state index in [1.807, 2.05) is 30.3 Å². The zero-order valence-electron chi connectivity index (χ0n) is 7.99. The first-order chi connectivity index (χ1) is 6.73. The van der Waals surface area contributed by atoms with E-state index < -0.39 is 5.54 Å². The number of hydrogen-bond donors (Lipinski definition) is 2. The minimum absolute atomic E-state index is 0.0602. The summed E-state index contributed by atoms with van der Waals surface area (Å²) in [6, 6.07) is 9.56.